The summed E-state index contributed by atoms with van der Waals surface area (Å²) in [6, 6.07) is 7.41. The summed E-state index contributed by atoms with van der Waals surface area (Å²) in [5.41, 5.74) is 1.21. The van der Waals surface area contributed by atoms with Crippen LogP contribution >= 0.6 is 0 Å². The summed E-state index contributed by atoms with van der Waals surface area (Å²) in [5, 5.41) is 3.92. The number of carbonyl (C=O) groups excluding carboxylic acids is 1. The monoisotopic (exact) mass is 487 g/mol. The van der Waals surface area contributed by atoms with Gasteiger partial charge in [-0.3, -0.25) is 4.79 Å². The highest BCUT2D eigenvalue weighted by atomic mass is 32.2. The van der Waals surface area contributed by atoms with E-state index in [0.717, 1.165) is 37.2 Å². The highest BCUT2D eigenvalue weighted by molar-refractivity contribution is 7.89. The molecule has 0 spiro atoms. The minimum absolute atomic E-state index is 0.0897. The van der Waals surface area contributed by atoms with Crippen molar-refractivity contribution >= 4 is 28.1 Å². The van der Waals surface area contributed by atoms with E-state index in [0.29, 0.717) is 37.5 Å². The molecule has 34 heavy (non-hydrogen) atoms. The number of aromatic nitrogens is 1. The van der Waals surface area contributed by atoms with Crippen molar-refractivity contribution in [3.05, 3.63) is 41.3 Å². The molecule has 1 amide bonds. The fourth-order valence-electron chi connectivity index (χ4n) is 4.81. The number of sulfonamides is 1. The van der Waals surface area contributed by atoms with Crippen molar-refractivity contribution in [2.24, 2.45) is 11.8 Å². The number of nitrogens with zero attached hydrogens (tertiary/aromatic N) is 3. The van der Waals surface area contributed by atoms with Gasteiger partial charge in [-0.1, -0.05) is 30.3 Å². The number of hydrogen-bond acceptors (Lipinski definition) is 6. The van der Waals surface area contributed by atoms with Gasteiger partial charge in [0.15, 0.2) is 10.7 Å². The van der Waals surface area contributed by atoms with E-state index >= 15 is 0 Å². The maximum Gasteiger partial charge on any atom is 0.248 e. The molecule has 0 N–H and O–H groups in total. The zero-order valence-electron chi connectivity index (χ0n) is 20.1. The van der Waals surface area contributed by atoms with Gasteiger partial charge in [0.05, 0.1) is 7.11 Å². The number of rotatable bonds is 6. The van der Waals surface area contributed by atoms with Crippen LogP contribution in [0.2, 0.25) is 0 Å². The van der Waals surface area contributed by atoms with Crippen LogP contribution < -0.4 is 4.74 Å². The Morgan fingerprint density at radius 3 is 2.47 bits per heavy atom. The van der Waals surface area contributed by atoms with Gasteiger partial charge >= 0.3 is 0 Å². The van der Waals surface area contributed by atoms with Crippen molar-refractivity contribution in [1.82, 2.24) is 14.4 Å². The molecule has 184 valence electrons. The number of benzene rings is 1. The second kappa shape index (κ2) is 10.3. The van der Waals surface area contributed by atoms with Gasteiger partial charge in [0.2, 0.25) is 15.9 Å². The number of hydrogen-bond donors (Lipinski definition) is 0. The molecule has 1 atom stereocenters. The standard InChI is InChI=1S/C25H33N3O5S/c1-18-5-4-14-27(17-18)25(29)21-12-15-28(16-13-21)34(30,31)24-19(2)26-33-23(24)11-8-20-6-9-22(32-3)10-7-20/h6-11,18,21H,4-5,12-17H2,1-3H3/b11-8-/t18-/m0/s1. The first kappa shape index (κ1) is 24.5. The summed E-state index contributed by atoms with van der Waals surface area (Å²) in [6.45, 7) is 6.06. The number of methoxy groups -OCH3 is 1. The first-order valence-corrected chi connectivity index (χ1v) is 13.3. The summed E-state index contributed by atoms with van der Waals surface area (Å²) < 4.78 is 39.0. The van der Waals surface area contributed by atoms with Crippen LogP contribution in [0, 0.1) is 18.8 Å². The maximum atomic E-state index is 13.5. The molecule has 2 fully saturated rings. The molecule has 2 aliphatic rings. The Bertz CT molecular complexity index is 1130. The molecule has 0 saturated carbocycles. The highest BCUT2D eigenvalue weighted by Crippen LogP contribution is 2.30. The quantitative estimate of drug-likeness (QED) is 0.615. The second-order valence-corrected chi connectivity index (χ2v) is 11.2. The number of amides is 1. The van der Waals surface area contributed by atoms with Crippen molar-refractivity contribution in [2.75, 3.05) is 33.3 Å². The molecule has 0 bridgehead atoms. The Morgan fingerprint density at radius 2 is 1.82 bits per heavy atom. The molecule has 0 radical (unpaired) electrons. The molecule has 1 aromatic carbocycles. The molecule has 0 aliphatic carbocycles. The Balaban J connectivity index is 1.45. The van der Waals surface area contributed by atoms with E-state index in [1.807, 2.05) is 29.2 Å². The van der Waals surface area contributed by atoms with Crippen LogP contribution in [-0.2, 0) is 14.8 Å². The van der Waals surface area contributed by atoms with Gasteiger partial charge < -0.3 is 14.2 Å². The van der Waals surface area contributed by atoms with E-state index in [-0.39, 0.29) is 22.5 Å². The van der Waals surface area contributed by atoms with Crippen LogP contribution in [0.25, 0.3) is 12.2 Å². The third kappa shape index (κ3) is 5.20. The predicted molar refractivity (Wildman–Crippen MR) is 130 cm³/mol. The van der Waals surface area contributed by atoms with Crippen molar-refractivity contribution in [3.63, 3.8) is 0 Å². The number of carbonyl (C=O) groups is 1. The van der Waals surface area contributed by atoms with Crippen LogP contribution in [0.1, 0.15) is 49.6 Å². The molecule has 8 nitrogen and oxygen atoms in total. The number of piperidine rings is 2. The van der Waals surface area contributed by atoms with Crippen LogP contribution in [0.5, 0.6) is 5.75 Å². The maximum absolute atomic E-state index is 13.5. The Labute approximate surface area is 201 Å². The van der Waals surface area contributed by atoms with E-state index in [9.17, 15) is 13.2 Å². The van der Waals surface area contributed by atoms with Crippen LogP contribution in [-0.4, -0.2) is 62.0 Å². The average Bonchev–Trinajstić information content (AvgIpc) is 3.23. The van der Waals surface area contributed by atoms with Gasteiger partial charge in [0.25, 0.3) is 0 Å². The lowest BCUT2D eigenvalue weighted by Crippen LogP contribution is -2.47. The largest absolute Gasteiger partial charge is 0.497 e. The zero-order chi connectivity index (χ0) is 24.3. The highest BCUT2D eigenvalue weighted by Gasteiger charge is 2.37. The predicted octanol–water partition coefficient (Wildman–Crippen LogP) is 3.82. The first-order chi connectivity index (χ1) is 16.3. The normalized spacial score (nSPS) is 20.7. The molecular formula is C25H33N3O5S. The topological polar surface area (TPSA) is 93.0 Å². The fourth-order valence-corrected chi connectivity index (χ4v) is 6.53. The summed E-state index contributed by atoms with van der Waals surface area (Å²) in [5.74, 6) is 1.53. The van der Waals surface area contributed by atoms with E-state index in [2.05, 4.69) is 12.1 Å². The molecule has 2 saturated heterocycles. The number of likely N-dealkylation sites (tertiary alicyclic amines) is 1. The molecule has 3 heterocycles. The van der Waals surface area contributed by atoms with Crippen LogP contribution in [0.15, 0.2) is 33.7 Å². The number of ether oxygens (including phenoxy) is 1. The summed E-state index contributed by atoms with van der Waals surface area (Å²) >= 11 is 0. The van der Waals surface area contributed by atoms with Crippen molar-refractivity contribution < 1.29 is 22.5 Å². The Hall–Kier alpha value is -2.65. The lowest BCUT2D eigenvalue weighted by molar-refractivity contribution is -0.138. The van der Waals surface area contributed by atoms with Crippen molar-refractivity contribution in [1.29, 1.82) is 0 Å². The lowest BCUT2D eigenvalue weighted by Gasteiger charge is -2.36. The van der Waals surface area contributed by atoms with Gasteiger partial charge in [-0.15, -0.1) is 0 Å². The van der Waals surface area contributed by atoms with Gasteiger partial charge in [-0.25, -0.2) is 8.42 Å². The Morgan fingerprint density at radius 1 is 1.12 bits per heavy atom. The molecule has 4 rings (SSSR count). The van der Waals surface area contributed by atoms with Gasteiger partial charge in [-0.05, 0) is 62.3 Å². The number of aryl methyl sites for hydroxylation is 1. The van der Waals surface area contributed by atoms with Crippen LogP contribution in [0.3, 0.4) is 0 Å². The van der Waals surface area contributed by atoms with E-state index in [4.69, 9.17) is 9.26 Å². The zero-order valence-corrected chi connectivity index (χ0v) is 20.9. The SMILES string of the molecule is COc1ccc(/C=C\c2onc(C)c2S(=O)(=O)N2CCC(C(=O)N3CCC[C@H](C)C3)CC2)cc1. The first-order valence-electron chi connectivity index (χ1n) is 11.9. The lowest BCUT2D eigenvalue weighted by atomic mass is 9.93. The van der Waals surface area contributed by atoms with Crippen LogP contribution in [0.4, 0.5) is 0 Å². The van der Waals surface area contributed by atoms with E-state index in [1.165, 1.54) is 4.31 Å². The minimum atomic E-state index is -3.80. The molecule has 9 heteroatoms. The Kier molecular flexibility index (Phi) is 7.42. The summed E-state index contributed by atoms with van der Waals surface area (Å²) in [7, 11) is -2.19. The van der Waals surface area contributed by atoms with Gasteiger partial charge in [0, 0.05) is 32.1 Å². The fraction of sp³-hybridized carbons (Fsp3) is 0.520. The minimum Gasteiger partial charge on any atom is -0.497 e. The molecule has 1 aromatic heterocycles. The van der Waals surface area contributed by atoms with Gasteiger partial charge in [-0.2, -0.15) is 4.31 Å². The molecule has 2 aromatic rings. The third-order valence-electron chi connectivity index (χ3n) is 6.75. The summed E-state index contributed by atoms with van der Waals surface area (Å²) in [6.07, 6.45) is 6.67. The van der Waals surface area contributed by atoms with E-state index in [1.54, 1.807) is 26.2 Å². The smallest absolute Gasteiger partial charge is 0.248 e. The molecule has 2 aliphatic heterocycles. The third-order valence-corrected chi connectivity index (χ3v) is 8.80. The van der Waals surface area contributed by atoms with Gasteiger partial charge in [0.1, 0.15) is 11.4 Å². The summed E-state index contributed by atoms with van der Waals surface area (Å²) in [4.78, 5) is 15.0. The van der Waals surface area contributed by atoms with E-state index < -0.39 is 10.0 Å². The average molecular weight is 488 g/mol. The van der Waals surface area contributed by atoms with Crippen molar-refractivity contribution in [2.45, 2.75) is 44.4 Å². The molecule has 0 unspecified atom stereocenters. The second-order valence-electron chi connectivity index (χ2n) is 9.28. The molecular weight excluding hydrogens is 454 g/mol. The van der Waals surface area contributed by atoms with Crippen molar-refractivity contribution in [3.8, 4) is 5.75 Å².